The van der Waals surface area contributed by atoms with Crippen molar-refractivity contribution in [1.29, 1.82) is 0 Å². The summed E-state index contributed by atoms with van der Waals surface area (Å²) < 4.78 is 11.5. The summed E-state index contributed by atoms with van der Waals surface area (Å²) in [6.07, 6.45) is 0.459. The van der Waals surface area contributed by atoms with E-state index in [1.54, 1.807) is 4.90 Å². The van der Waals surface area contributed by atoms with Crippen LogP contribution in [0, 0.1) is 0 Å². The van der Waals surface area contributed by atoms with Gasteiger partial charge in [-0.1, -0.05) is 28.1 Å². The van der Waals surface area contributed by atoms with E-state index in [-0.39, 0.29) is 12.1 Å². The molecule has 0 aromatic heterocycles. The molecular weight excluding hydrogens is 400 g/mol. The number of nitrogens with zero attached hydrogens (tertiary/aromatic N) is 2. The van der Waals surface area contributed by atoms with Gasteiger partial charge in [-0.2, -0.15) is 0 Å². The van der Waals surface area contributed by atoms with Crippen molar-refractivity contribution in [3.05, 3.63) is 34.3 Å². The average Bonchev–Trinajstić information content (AvgIpc) is 2.81. The van der Waals surface area contributed by atoms with Crippen LogP contribution >= 0.6 is 15.9 Å². The Morgan fingerprint density at radius 3 is 2.31 bits per heavy atom. The van der Waals surface area contributed by atoms with Crippen LogP contribution in [0.15, 0.2) is 28.7 Å². The molecule has 0 N–H and O–H groups in total. The fourth-order valence-electron chi connectivity index (χ4n) is 2.96. The highest BCUT2D eigenvalue weighted by atomic mass is 79.9. The molecule has 6 nitrogen and oxygen atoms in total. The minimum atomic E-state index is -0.519. The second-order valence-electron chi connectivity index (χ2n) is 7.33. The van der Waals surface area contributed by atoms with Crippen LogP contribution < -0.4 is 0 Å². The Morgan fingerprint density at radius 1 is 1.08 bits per heavy atom. The smallest absolute Gasteiger partial charge is 0.410 e. The van der Waals surface area contributed by atoms with Gasteiger partial charge < -0.3 is 14.4 Å². The third-order valence-electron chi connectivity index (χ3n) is 4.16. The molecule has 26 heavy (non-hydrogen) atoms. The third kappa shape index (κ3) is 5.71. The van der Waals surface area contributed by atoms with Crippen molar-refractivity contribution in [2.45, 2.75) is 38.8 Å². The van der Waals surface area contributed by atoms with Gasteiger partial charge in [-0.25, -0.2) is 9.59 Å². The summed E-state index contributed by atoms with van der Waals surface area (Å²) in [6.45, 7) is 7.98. The Bertz CT molecular complexity index is 627. The van der Waals surface area contributed by atoms with Crippen molar-refractivity contribution in [3.63, 3.8) is 0 Å². The summed E-state index contributed by atoms with van der Waals surface area (Å²) in [6, 6.07) is 7.18. The molecule has 0 saturated carbocycles. The fraction of sp³-hybridized carbons (Fsp3) is 0.579. The zero-order chi connectivity index (χ0) is 19.3. The first-order chi connectivity index (χ1) is 12.2. The number of hydrogen-bond donors (Lipinski definition) is 0. The van der Waals surface area contributed by atoms with Gasteiger partial charge in [-0.05, 0) is 44.9 Å². The second kappa shape index (κ2) is 8.86. The van der Waals surface area contributed by atoms with E-state index in [1.807, 2.05) is 45.0 Å². The Balaban J connectivity index is 2.12. The Hall–Kier alpha value is -1.60. The number of methoxy groups -OCH3 is 1. The zero-order valence-corrected chi connectivity index (χ0v) is 17.4. The molecule has 2 rings (SSSR count). The molecule has 1 atom stereocenters. The third-order valence-corrected chi connectivity index (χ3v) is 4.69. The molecule has 1 aliphatic heterocycles. The molecular formula is C19H27BrN2O4. The number of ether oxygens (including phenoxy) is 2. The molecule has 144 valence electrons. The van der Waals surface area contributed by atoms with Gasteiger partial charge in [-0.3, -0.25) is 4.90 Å². The SMILES string of the molecule is COC(=O)C(c1ccc(Br)cc1)N1CCCN(C(=O)OC(C)(C)C)CC1. The van der Waals surface area contributed by atoms with Crippen molar-refractivity contribution < 1.29 is 19.1 Å². The lowest BCUT2D eigenvalue weighted by molar-refractivity contribution is -0.147. The minimum Gasteiger partial charge on any atom is -0.468 e. The molecule has 1 aromatic rings. The van der Waals surface area contributed by atoms with E-state index in [9.17, 15) is 9.59 Å². The maximum atomic E-state index is 12.4. The molecule has 1 aromatic carbocycles. The lowest BCUT2D eigenvalue weighted by atomic mass is 10.1. The highest BCUT2D eigenvalue weighted by molar-refractivity contribution is 9.10. The monoisotopic (exact) mass is 426 g/mol. The van der Waals surface area contributed by atoms with Gasteiger partial charge in [0.15, 0.2) is 0 Å². The van der Waals surface area contributed by atoms with Crippen LogP contribution in [0.2, 0.25) is 0 Å². The normalized spacial score (nSPS) is 17.3. The zero-order valence-electron chi connectivity index (χ0n) is 15.8. The number of rotatable bonds is 3. The molecule has 1 heterocycles. The van der Waals surface area contributed by atoms with Crippen LogP contribution in [0.25, 0.3) is 0 Å². The van der Waals surface area contributed by atoms with Gasteiger partial charge in [0.1, 0.15) is 11.6 Å². The van der Waals surface area contributed by atoms with Gasteiger partial charge in [0.2, 0.25) is 0 Å². The van der Waals surface area contributed by atoms with Crippen molar-refractivity contribution in [2.24, 2.45) is 0 Å². The van der Waals surface area contributed by atoms with Crippen LogP contribution in [0.3, 0.4) is 0 Å². The fourth-order valence-corrected chi connectivity index (χ4v) is 3.22. The summed E-state index contributed by atoms with van der Waals surface area (Å²) in [5, 5.41) is 0. The van der Waals surface area contributed by atoms with E-state index in [0.29, 0.717) is 26.2 Å². The molecule has 0 bridgehead atoms. The van der Waals surface area contributed by atoms with Crippen LogP contribution in [0.4, 0.5) is 4.79 Å². The van der Waals surface area contributed by atoms with Crippen molar-refractivity contribution in [2.75, 3.05) is 33.3 Å². The lowest BCUT2D eigenvalue weighted by Crippen LogP contribution is -2.40. The second-order valence-corrected chi connectivity index (χ2v) is 8.25. The van der Waals surface area contributed by atoms with Gasteiger partial charge >= 0.3 is 12.1 Å². The molecule has 1 unspecified atom stereocenters. The average molecular weight is 427 g/mol. The maximum absolute atomic E-state index is 12.4. The first-order valence-corrected chi connectivity index (χ1v) is 9.56. The first kappa shape index (κ1) is 20.7. The molecule has 1 amide bonds. The van der Waals surface area contributed by atoms with Gasteiger partial charge in [0.05, 0.1) is 7.11 Å². The Morgan fingerprint density at radius 2 is 1.73 bits per heavy atom. The topological polar surface area (TPSA) is 59.1 Å². The number of carbonyl (C=O) groups excluding carboxylic acids is 2. The summed E-state index contributed by atoms with van der Waals surface area (Å²) in [4.78, 5) is 28.5. The maximum Gasteiger partial charge on any atom is 0.410 e. The van der Waals surface area contributed by atoms with E-state index < -0.39 is 11.6 Å². The van der Waals surface area contributed by atoms with Crippen molar-refractivity contribution in [3.8, 4) is 0 Å². The van der Waals surface area contributed by atoms with Gasteiger partial charge in [0, 0.05) is 30.7 Å². The highest BCUT2D eigenvalue weighted by Crippen LogP contribution is 2.25. The van der Waals surface area contributed by atoms with Crippen molar-refractivity contribution >= 4 is 28.0 Å². The van der Waals surface area contributed by atoms with E-state index in [1.165, 1.54) is 7.11 Å². The number of hydrogen-bond acceptors (Lipinski definition) is 5. The van der Waals surface area contributed by atoms with Crippen LogP contribution in [-0.4, -0.2) is 60.8 Å². The first-order valence-electron chi connectivity index (χ1n) is 8.76. The Kier molecular flexibility index (Phi) is 7.06. The number of amides is 1. The van der Waals surface area contributed by atoms with Gasteiger partial charge in [-0.15, -0.1) is 0 Å². The number of halogens is 1. The minimum absolute atomic E-state index is 0.293. The Labute approximate surface area is 163 Å². The summed E-state index contributed by atoms with van der Waals surface area (Å²) in [7, 11) is 1.40. The van der Waals surface area contributed by atoms with E-state index in [2.05, 4.69) is 20.8 Å². The summed E-state index contributed by atoms with van der Waals surface area (Å²) in [5.74, 6) is -0.293. The predicted molar refractivity (Wildman–Crippen MR) is 103 cm³/mol. The molecule has 1 saturated heterocycles. The molecule has 0 radical (unpaired) electrons. The number of carbonyl (C=O) groups is 2. The lowest BCUT2D eigenvalue weighted by Gasteiger charge is -2.29. The van der Waals surface area contributed by atoms with Crippen LogP contribution in [0.5, 0.6) is 0 Å². The molecule has 1 fully saturated rings. The molecule has 0 spiro atoms. The van der Waals surface area contributed by atoms with E-state index in [0.717, 1.165) is 16.5 Å². The largest absolute Gasteiger partial charge is 0.468 e. The molecule has 7 heteroatoms. The standard InChI is InChI=1S/C19H27BrN2O4/c1-19(2,3)26-18(24)22-11-5-10-21(12-13-22)16(17(23)25-4)14-6-8-15(20)9-7-14/h6-9,16H,5,10-13H2,1-4H3. The molecule has 1 aliphatic rings. The highest BCUT2D eigenvalue weighted by Gasteiger charge is 2.32. The number of benzene rings is 1. The number of esters is 1. The van der Waals surface area contributed by atoms with E-state index >= 15 is 0 Å². The predicted octanol–water partition coefficient (Wildman–Crippen LogP) is 3.61. The van der Waals surface area contributed by atoms with Gasteiger partial charge in [0.25, 0.3) is 0 Å². The van der Waals surface area contributed by atoms with Crippen molar-refractivity contribution in [1.82, 2.24) is 9.80 Å². The molecule has 0 aliphatic carbocycles. The summed E-state index contributed by atoms with van der Waals surface area (Å²) >= 11 is 3.42. The van der Waals surface area contributed by atoms with E-state index in [4.69, 9.17) is 9.47 Å². The summed E-state index contributed by atoms with van der Waals surface area (Å²) in [5.41, 5.74) is 0.362. The quantitative estimate of drug-likeness (QED) is 0.690. The van der Waals surface area contributed by atoms with Crippen LogP contribution in [0.1, 0.15) is 38.8 Å². The van der Waals surface area contributed by atoms with Crippen LogP contribution in [-0.2, 0) is 14.3 Å².